The van der Waals surface area contributed by atoms with Crippen LogP contribution in [0.3, 0.4) is 0 Å². The molecule has 1 heterocycles. The van der Waals surface area contributed by atoms with Gasteiger partial charge in [-0.05, 0) is 33.1 Å². The highest BCUT2D eigenvalue weighted by atomic mass is 32.2. The second kappa shape index (κ2) is 8.77. The number of hydrogen-bond acceptors (Lipinski definition) is 5. The minimum Gasteiger partial charge on any atom is -0.455 e. The Labute approximate surface area is 138 Å². The second-order valence-corrected chi connectivity index (χ2v) is 6.97. The molecule has 5 nitrogen and oxygen atoms in total. The fraction of sp³-hybridized carbons (Fsp3) is 0.857. The van der Waals surface area contributed by atoms with Gasteiger partial charge < -0.3 is 9.64 Å². The molecule has 134 valence electrons. The van der Waals surface area contributed by atoms with E-state index in [1.165, 1.54) is 13.8 Å². The van der Waals surface area contributed by atoms with E-state index in [1.807, 2.05) is 16.7 Å². The summed E-state index contributed by atoms with van der Waals surface area (Å²) in [7, 11) is 1.80. The van der Waals surface area contributed by atoms with Crippen LogP contribution in [0.25, 0.3) is 0 Å². The first-order chi connectivity index (χ1) is 10.6. The highest BCUT2D eigenvalue weighted by Gasteiger charge is 2.34. The van der Waals surface area contributed by atoms with Crippen LogP contribution in [0, 0.1) is 0 Å². The number of thioether (sulfide) groups is 1. The maximum Gasteiger partial charge on any atom is 0.406 e. The molecule has 0 aromatic heterocycles. The number of alkyl halides is 3. The number of ether oxygens (including phenoxy) is 1. The first-order valence-corrected chi connectivity index (χ1v) is 8.55. The molecule has 0 bridgehead atoms. The number of rotatable bonds is 7. The number of amides is 1. The van der Waals surface area contributed by atoms with E-state index in [1.54, 1.807) is 7.05 Å². The first-order valence-electron chi connectivity index (χ1n) is 7.40. The van der Waals surface area contributed by atoms with Crippen LogP contribution in [0.2, 0.25) is 0 Å². The number of esters is 1. The van der Waals surface area contributed by atoms with Gasteiger partial charge in [0, 0.05) is 17.8 Å². The van der Waals surface area contributed by atoms with E-state index in [0.717, 1.165) is 17.9 Å². The Morgan fingerprint density at radius 1 is 1.35 bits per heavy atom. The van der Waals surface area contributed by atoms with Crippen LogP contribution in [0.4, 0.5) is 13.2 Å². The fourth-order valence-corrected chi connectivity index (χ4v) is 3.52. The minimum absolute atomic E-state index is 0.0272. The lowest BCUT2D eigenvalue weighted by molar-refractivity contribution is -0.169. The maximum atomic E-state index is 12.5. The normalized spacial score (nSPS) is 18.5. The van der Waals surface area contributed by atoms with Gasteiger partial charge >= 0.3 is 12.1 Å². The summed E-state index contributed by atoms with van der Waals surface area (Å²) < 4.78 is 42.2. The summed E-state index contributed by atoms with van der Waals surface area (Å²) in [5.74, 6) is 0.539. The Morgan fingerprint density at radius 2 is 2.00 bits per heavy atom. The predicted octanol–water partition coefficient (Wildman–Crippen LogP) is 1.77. The molecule has 0 aromatic rings. The number of carbonyl (C=O) groups excluding carboxylic acids is 2. The van der Waals surface area contributed by atoms with Crippen LogP contribution < -0.4 is 0 Å². The number of hydrogen-bond donors (Lipinski definition) is 0. The molecular weight excluding hydrogens is 333 g/mol. The van der Waals surface area contributed by atoms with Crippen molar-refractivity contribution >= 4 is 23.6 Å². The van der Waals surface area contributed by atoms with Gasteiger partial charge in [-0.1, -0.05) is 0 Å². The zero-order valence-electron chi connectivity index (χ0n) is 13.6. The molecule has 9 heteroatoms. The Hall–Kier alpha value is -0.960. The molecule has 1 rings (SSSR count). The molecule has 0 aliphatic carbocycles. The lowest BCUT2D eigenvalue weighted by Crippen LogP contribution is -2.45. The molecule has 1 aliphatic heterocycles. The summed E-state index contributed by atoms with van der Waals surface area (Å²) in [5.41, 5.74) is 0. The van der Waals surface area contributed by atoms with Gasteiger partial charge in [0.2, 0.25) is 0 Å². The highest BCUT2D eigenvalue weighted by molar-refractivity contribution is 7.99. The Morgan fingerprint density at radius 3 is 2.48 bits per heavy atom. The van der Waals surface area contributed by atoms with Gasteiger partial charge in [0.1, 0.15) is 6.54 Å². The van der Waals surface area contributed by atoms with E-state index in [4.69, 9.17) is 4.74 Å². The summed E-state index contributed by atoms with van der Waals surface area (Å²) >= 11 is 1.81. The van der Waals surface area contributed by atoms with Crippen LogP contribution >= 0.6 is 11.8 Å². The third kappa shape index (κ3) is 7.43. The van der Waals surface area contributed by atoms with Crippen LogP contribution in [0.15, 0.2) is 0 Å². The van der Waals surface area contributed by atoms with Crippen molar-refractivity contribution < 1.29 is 27.5 Å². The van der Waals surface area contributed by atoms with Crippen LogP contribution in [0.5, 0.6) is 0 Å². The molecule has 0 saturated carbocycles. The molecule has 1 saturated heterocycles. The van der Waals surface area contributed by atoms with Gasteiger partial charge in [-0.3, -0.25) is 14.5 Å². The van der Waals surface area contributed by atoms with E-state index in [9.17, 15) is 22.8 Å². The van der Waals surface area contributed by atoms with Gasteiger partial charge in [0.05, 0.1) is 6.54 Å². The van der Waals surface area contributed by atoms with Crippen molar-refractivity contribution in [2.45, 2.75) is 38.5 Å². The average molecular weight is 356 g/mol. The zero-order chi connectivity index (χ0) is 17.6. The van der Waals surface area contributed by atoms with Crippen molar-refractivity contribution in [3.05, 3.63) is 0 Å². The second-order valence-electron chi connectivity index (χ2n) is 5.82. The Kier molecular flexibility index (Phi) is 7.66. The van der Waals surface area contributed by atoms with Gasteiger partial charge in [-0.25, -0.2) is 0 Å². The summed E-state index contributed by atoms with van der Waals surface area (Å²) in [6, 6.07) is -0.332. The Balaban J connectivity index is 2.41. The van der Waals surface area contributed by atoms with Crippen molar-refractivity contribution in [1.82, 2.24) is 9.80 Å². The fourth-order valence-electron chi connectivity index (χ4n) is 2.23. The molecular formula is C14H23F3N2O3S. The molecule has 1 aliphatic rings. The highest BCUT2D eigenvalue weighted by Crippen LogP contribution is 2.21. The van der Waals surface area contributed by atoms with Gasteiger partial charge in [-0.15, -0.1) is 0 Å². The third-order valence-corrected chi connectivity index (χ3v) is 4.70. The largest absolute Gasteiger partial charge is 0.455 e. The lowest BCUT2D eigenvalue weighted by atomic mass is 10.2. The molecule has 0 N–H and O–H groups in total. The van der Waals surface area contributed by atoms with Gasteiger partial charge in [-0.2, -0.15) is 24.9 Å². The summed E-state index contributed by atoms with van der Waals surface area (Å²) in [5, 5.41) is 0. The zero-order valence-corrected chi connectivity index (χ0v) is 14.4. The van der Waals surface area contributed by atoms with E-state index >= 15 is 0 Å². The summed E-state index contributed by atoms with van der Waals surface area (Å²) in [4.78, 5) is 26.1. The number of halogens is 3. The van der Waals surface area contributed by atoms with E-state index in [2.05, 4.69) is 0 Å². The van der Waals surface area contributed by atoms with Crippen molar-refractivity contribution in [3.8, 4) is 0 Å². The molecule has 0 unspecified atom stereocenters. The van der Waals surface area contributed by atoms with Crippen LogP contribution in [0.1, 0.15) is 20.3 Å². The SMILES string of the molecule is CC(C)N(CC(F)(F)F)C(=O)COC(=O)CN(C)[C@H]1CCSC1. The molecule has 0 spiro atoms. The van der Waals surface area contributed by atoms with Gasteiger partial charge in [0.25, 0.3) is 5.91 Å². The smallest absolute Gasteiger partial charge is 0.406 e. The predicted molar refractivity (Wildman–Crippen MR) is 82.2 cm³/mol. The molecule has 1 amide bonds. The molecule has 0 radical (unpaired) electrons. The van der Waals surface area contributed by atoms with E-state index < -0.39 is 37.2 Å². The van der Waals surface area contributed by atoms with Crippen LogP contribution in [-0.2, 0) is 14.3 Å². The molecule has 23 heavy (non-hydrogen) atoms. The summed E-state index contributed by atoms with van der Waals surface area (Å²) in [6.07, 6.45) is -3.50. The number of carbonyl (C=O) groups is 2. The van der Waals surface area contributed by atoms with Gasteiger partial charge in [0.15, 0.2) is 6.61 Å². The number of nitrogens with zero attached hydrogens (tertiary/aromatic N) is 2. The topological polar surface area (TPSA) is 49.9 Å². The average Bonchev–Trinajstić information content (AvgIpc) is 2.95. The van der Waals surface area contributed by atoms with Crippen molar-refractivity contribution in [2.75, 3.05) is 38.2 Å². The van der Waals surface area contributed by atoms with Crippen molar-refractivity contribution in [1.29, 1.82) is 0 Å². The number of likely N-dealkylation sites (N-methyl/N-ethyl adjacent to an activating group) is 1. The molecule has 1 atom stereocenters. The quantitative estimate of drug-likeness (QED) is 0.651. The van der Waals surface area contributed by atoms with Crippen molar-refractivity contribution in [2.24, 2.45) is 0 Å². The molecule has 0 aromatic carbocycles. The van der Waals surface area contributed by atoms with Crippen LogP contribution in [-0.4, -0.2) is 78.2 Å². The minimum atomic E-state index is -4.48. The monoisotopic (exact) mass is 356 g/mol. The third-order valence-electron chi connectivity index (χ3n) is 3.56. The van der Waals surface area contributed by atoms with Crippen molar-refractivity contribution in [3.63, 3.8) is 0 Å². The first kappa shape index (κ1) is 20.1. The summed E-state index contributed by atoms with van der Waals surface area (Å²) in [6.45, 7) is 0.980. The lowest BCUT2D eigenvalue weighted by Gasteiger charge is -2.27. The van der Waals surface area contributed by atoms with E-state index in [0.29, 0.717) is 10.9 Å². The standard InChI is InChI=1S/C14H23F3N2O3S/c1-10(2)19(9-14(15,16)17)12(20)7-22-13(21)6-18(3)11-4-5-23-8-11/h10-11H,4-9H2,1-3H3/t11-/m0/s1. The molecule has 1 fully saturated rings. The Bertz CT molecular complexity index is 413. The maximum absolute atomic E-state index is 12.5. The van der Waals surface area contributed by atoms with E-state index in [-0.39, 0.29) is 6.54 Å².